The van der Waals surface area contributed by atoms with E-state index in [4.69, 9.17) is 4.74 Å². The van der Waals surface area contributed by atoms with E-state index in [1.54, 1.807) is 6.92 Å². The molecule has 0 atom stereocenters. The van der Waals surface area contributed by atoms with Crippen LogP contribution in [0, 0.1) is 11.8 Å². The molecule has 0 aliphatic heterocycles. The van der Waals surface area contributed by atoms with E-state index < -0.39 is 0 Å². The molecule has 1 heterocycles. The Morgan fingerprint density at radius 3 is 3.08 bits per heavy atom. The maximum atomic E-state index is 11.3. The van der Waals surface area contributed by atoms with Gasteiger partial charge < -0.3 is 4.74 Å². The number of carbonyl (C=O) groups excluding carboxylic acids is 1. The molecular weight excluding hydrogens is 252 g/mol. The fourth-order valence-corrected chi connectivity index (χ4v) is 2.10. The highest BCUT2D eigenvalue weighted by Crippen LogP contribution is 2.23. The zero-order chi connectivity index (χ0) is 9.68. The van der Waals surface area contributed by atoms with Gasteiger partial charge in [0, 0.05) is 4.47 Å². The van der Waals surface area contributed by atoms with Crippen molar-refractivity contribution in [3.8, 4) is 11.8 Å². The molecule has 2 nitrogen and oxygen atoms in total. The quantitative estimate of drug-likeness (QED) is 0.603. The monoisotopic (exact) mass is 258 g/mol. The first-order valence-corrected chi connectivity index (χ1v) is 5.22. The van der Waals surface area contributed by atoms with Crippen molar-refractivity contribution in [2.45, 2.75) is 6.92 Å². The van der Waals surface area contributed by atoms with Crippen molar-refractivity contribution in [1.82, 2.24) is 0 Å². The number of hydrogen-bond acceptors (Lipinski definition) is 3. The number of ether oxygens (including phenoxy) is 1. The minimum absolute atomic E-state index is 0.152. The summed E-state index contributed by atoms with van der Waals surface area (Å²) in [5.41, 5.74) is 0. The van der Waals surface area contributed by atoms with Crippen LogP contribution in [0.4, 0.5) is 0 Å². The molecule has 13 heavy (non-hydrogen) atoms. The zero-order valence-corrected chi connectivity index (χ0v) is 9.37. The van der Waals surface area contributed by atoms with E-state index >= 15 is 0 Å². The summed E-state index contributed by atoms with van der Waals surface area (Å²) in [6.07, 6.45) is 0. The first-order chi connectivity index (χ1) is 6.25. The Hall–Kier alpha value is -0.790. The Kier molecular flexibility index (Phi) is 4.00. The summed E-state index contributed by atoms with van der Waals surface area (Å²) >= 11 is 4.60. The van der Waals surface area contributed by atoms with Crippen LogP contribution in [0.1, 0.15) is 16.6 Å². The minimum Gasteiger partial charge on any atom is -0.448 e. The predicted octanol–water partition coefficient (Wildman–Crippen LogP) is 2.69. The van der Waals surface area contributed by atoms with Crippen LogP contribution in [0.3, 0.4) is 0 Å². The van der Waals surface area contributed by atoms with Gasteiger partial charge in [-0.1, -0.05) is 5.92 Å². The van der Waals surface area contributed by atoms with Gasteiger partial charge in [0.15, 0.2) is 6.61 Å². The van der Waals surface area contributed by atoms with Gasteiger partial charge in [0.2, 0.25) is 0 Å². The Morgan fingerprint density at radius 2 is 2.54 bits per heavy atom. The normalized spacial score (nSPS) is 8.77. The van der Waals surface area contributed by atoms with Crippen LogP contribution in [0.5, 0.6) is 0 Å². The lowest BCUT2D eigenvalue weighted by Gasteiger charge is -1.97. The molecule has 0 N–H and O–H groups in total. The smallest absolute Gasteiger partial charge is 0.350 e. The fraction of sp³-hybridized carbons (Fsp3) is 0.222. The third-order valence-electron chi connectivity index (χ3n) is 1.25. The van der Waals surface area contributed by atoms with E-state index in [-0.39, 0.29) is 12.6 Å². The van der Waals surface area contributed by atoms with E-state index in [9.17, 15) is 4.79 Å². The number of hydrogen-bond donors (Lipinski definition) is 0. The predicted molar refractivity (Wildman–Crippen MR) is 55.8 cm³/mol. The van der Waals surface area contributed by atoms with E-state index in [1.165, 1.54) is 11.3 Å². The first-order valence-electron chi connectivity index (χ1n) is 3.55. The van der Waals surface area contributed by atoms with E-state index in [0.717, 1.165) is 4.47 Å². The van der Waals surface area contributed by atoms with Crippen LogP contribution in [0.15, 0.2) is 15.9 Å². The molecule has 0 saturated carbocycles. The van der Waals surface area contributed by atoms with Crippen molar-refractivity contribution in [2.75, 3.05) is 6.61 Å². The lowest BCUT2D eigenvalue weighted by atomic mass is 10.5. The molecule has 0 aromatic carbocycles. The molecule has 1 aromatic rings. The van der Waals surface area contributed by atoms with Crippen molar-refractivity contribution in [2.24, 2.45) is 0 Å². The highest BCUT2D eigenvalue weighted by atomic mass is 79.9. The fourth-order valence-electron chi connectivity index (χ4n) is 0.679. The Bertz CT molecular complexity index is 359. The van der Waals surface area contributed by atoms with Gasteiger partial charge in [-0.25, -0.2) is 4.79 Å². The molecule has 1 rings (SSSR count). The number of carbonyl (C=O) groups is 1. The lowest BCUT2D eigenvalue weighted by molar-refractivity contribution is 0.0561. The van der Waals surface area contributed by atoms with Gasteiger partial charge in [0.1, 0.15) is 4.88 Å². The lowest BCUT2D eigenvalue weighted by Crippen LogP contribution is -2.03. The molecule has 0 bridgehead atoms. The second-order valence-corrected chi connectivity index (χ2v) is 3.87. The number of rotatable bonds is 2. The summed E-state index contributed by atoms with van der Waals surface area (Å²) in [5.74, 6) is 4.98. The maximum Gasteiger partial charge on any atom is 0.350 e. The topological polar surface area (TPSA) is 26.3 Å². The van der Waals surface area contributed by atoms with E-state index in [0.29, 0.717) is 4.88 Å². The van der Waals surface area contributed by atoms with Crippen LogP contribution in [0.2, 0.25) is 0 Å². The highest BCUT2D eigenvalue weighted by Gasteiger charge is 2.11. The molecular formula is C9H7BrO2S. The van der Waals surface area contributed by atoms with Crippen LogP contribution >= 0.6 is 27.3 Å². The van der Waals surface area contributed by atoms with Gasteiger partial charge in [-0.3, -0.25) is 0 Å². The molecule has 0 saturated heterocycles. The SMILES string of the molecule is CC#CCOC(=O)c1sccc1Br. The van der Waals surface area contributed by atoms with Crippen LogP contribution in [-0.4, -0.2) is 12.6 Å². The average Bonchev–Trinajstić information content (AvgIpc) is 2.52. The third-order valence-corrected chi connectivity index (χ3v) is 3.07. The molecule has 0 fully saturated rings. The van der Waals surface area contributed by atoms with Gasteiger partial charge >= 0.3 is 5.97 Å². The summed E-state index contributed by atoms with van der Waals surface area (Å²) in [4.78, 5) is 11.9. The van der Waals surface area contributed by atoms with Gasteiger partial charge in [-0.05, 0) is 34.3 Å². The summed E-state index contributed by atoms with van der Waals surface area (Å²) < 4.78 is 5.65. The second-order valence-electron chi connectivity index (χ2n) is 2.10. The van der Waals surface area contributed by atoms with E-state index in [2.05, 4.69) is 27.8 Å². The van der Waals surface area contributed by atoms with Gasteiger partial charge in [0.25, 0.3) is 0 Å². The van der Waals surface area contributed by atoms with Crippen molar-refractivity contribution < 1.29 is 9.53 Å². The van der Waals surface area contributed by atoms with E-state index in [1.807, 2.05) is 11.4 Å². The molecule has 0 unspecified atom stereocenters. The summed E-state index contributed by atoms with van der Waals surface area (Å²) in [6, 6.07) is 1.81. The Morgan fingerprint density at radius 1 is 1.77 bits per heavy atom. The van der Waals surface area contributed by atoms with Crippen LogP contribution in [0.25, 0.3) is 0 Å². The molecule has 0 amide bonds. The van der Waals surface area contributed by atoms with Gasteiger partial charge in [-0.15, -0.1) is 17.3 Å². The molecule has 4 heteroatoms. The first kappa shape index (κ1) is 10.3. The molecule has 0 aliphatic carbocycles. The largest absolute Gasteiger partial charge is 0.448 e. The van der Waals surface area contributed by atoms with Crippen molar-refractivity contribution in [3.63, 3.8) is 0 Å². The van der Waals surface area contributed by atoms with Crippen molar-refractivity contribution >= 4 is 33.2 Å². The van der Waals surface area contributed by atoms with Crippen LogP contribution < -0.4 is 0 Å². The van der Waals surface area contributed by atoms with Gasteiger partial charge in [-0.2, -0.15) is 0 Å². The van der Waals surface area contributed by atoms with Crippen molar-refractivity contribution in [3.05, 3.63) is 20.8 Å². The Labute approximate surface area is 89.0 Å². The van der Waals surface area contributed by atoms with Crippen molar-refractivity contribution in [1.29, 1.82) is 0 Å². The van der Waals surface area contributed by atoms with Gasteiger partial charge in [0.05, 0.1) is 0 Å². The summed E-state index contributed by atoms with van der Waals surface area (Å²) in [6.45, 7) is 1.86. The molecule has 0 spiro atoms. The molecule has 68 valence electrons. The minimum atomic E-state index is -0.329. The summed E-state index contributed by atoms with van der Waals surface area (Å²) in [7, 11) is 0. The number of halogens is 1. The average molecular weight is 259 g/mol. The maximum absolute atomic E-state index is 11.3. The number of thiophene rings is 1. The standard InChI is InChI=1S/C9H7BrO2S/c1-2-3-5-12-9(11)8-7(10)4-6-13-8/h4,6H,5H2,1H3. The third kappa shape index (κ3) is 2.87. The summed E-state index contributed by atoms with van der Waals surface area (Å²) in [5, 5.41) is 1.83. The Balaban J connectivity index is 2.57. The molecule has 1 aromatic heterocycles. The number of esters is 1. The molecule has 0 aliphatic rings. The second kappa shape index (κ2) is 5.05. The molecule has 0 radical (unpaired) electrons. The van der Waals surface area contributed by atoms with Crippen LogP contribution in [-0.2, 0) is 4.74 Å². The zero-order valence-electron chi connectivity index (χ0n) is 6.96. The highest BCUT2D eigenvalue weighted by molar-refractivity contribution is 9.10.